The maximum absolute atomic E-state index is 6.00. The molecule has 0 radical (unpaired) electrons. The molecule has 120 valence electrons. The van der Waals surface area contributed by atoms with Crippen LogP contribution in [0.2, 0.25) is 0 Å². The predicted octanol–water partition coefficient (Wildman–Crippen LogP) is 3.00. The monoisotopic (exact) mass is 294 g/mol. The van der Waals surface area contributed by atoms with Crippen molar-refractivity contribution in [2.24, 2.45) is 0 Å². The first-order valence-electron chi connectivity index (χ1n) is 7.97. The fourth-order valence-corrected chi connectivity index (χ4v) is 1.97. The highest BCUT2D eigenvalue weighted by atomic mass is 16.5. The lowest BCUT2D eigenvalue weighted by Crippen LogP contribution is -2.20. The molecular formula is C17H30N2O2. The summed E-state index contributed by atoms with van der Waals surface area (Å²) in [6, 6.07) is 6.07. The third-order valence-electron chi connectivity index (χ3n) is 3.08. The highest BCUT2D eigenvalue weighted by Gasteiger charge is 2.02. The van der Waals surface area contributed by atoms with E-state index in [4.69, 9.17) is 15.2 Å². The second kappa shape index (κ2) is 10.5. The van der Waals surface area contributed by atoms with Gasteiger partial charge in [-0.05, 0) is 63.9 Å². The minimum absolute atomic E-state index is 0.321. The number of nitrogens with one attached hydrogen (secondary N) is 1. The summed E-state index contributed by atoms with van der Waals surface area (Å²) in [5, 5.41) is 3.42. The molecule has 0 bridgehead atoms. The lowest BCUT2D eigenvalue weighted by molar-refractivity contribution is 0.0771. The Labute approximate surface area is 129 Å². The Morgan fingerprint density at radius 1 is 1.19 bits per heavy atom. The molecule has 0 aliphatic carbocycles. The molecule has 0 atom stereocenters. The van der Waals surface area contributed by atoms with E-state index in [-0.39, 0.29) is 0 Å². The molecule has 4 heteroatoms. The molecule has 0 aliphatic rings. The smallest absolute Gasteiger partial charge is 0.142 e. The maximum atomic E-state index is 6.00. The van der Waals surface area contributed by atoms with Crippen molar-refractivity contribution in [3.05, 3.63) is 23.8 Å². The molecule has 4 nitrogen and oxygen atoms in total. The van der Waals surface area contributed by atoms with Crippen molar-refractivity contribution in [1.29, 1.82) is 0 Å². The van der Waals surface area contributed by atoms with Crippen LogP contribution in [0.1, 0.15) is 39.2 Å². The summed E-state index contributed by atoms with van der Waals surface area (Å²) >= 11 is 0. The molecule has 1 aromatic carbocycles. The quantitative estimate of drug-likeness (QED) is 0.486. The fourth-order valence-electron chi connectivity index (χ4n) is 1.97. The SMILES string of the molecule is CCCOc1ccc(CCNCCCOC(C)C)cc1N. The zero-order valence-corrected chi connectivity index (χ0v) is 13.7. The second-order valence-electron chi connectivity index (χ2n) is 5.49. The molecule has 1 rings (SSSR count). The number of hydrogen-bond acceptors (Lipinski definition) is 4. The van der Waals surface area contributed by atoms with Gasteiger partial charge in [0, 0.05) is 6.61 Å². The molecule has 3 N–H and O–H groups in total. The number of ether oxygens (including phenoxy) is 2. The molecule has 1 aromatic rings. The van der Waals surface area contributed by atoms with Gasteiger partial charge in [-0.1, -0.05) is 13.0 Å². The molecule has 0 heterocycles. The van der Waals surface area contributed by atoms with Crippen LogP contribution >= 0.6 is 0 Å². The van der Waals surface area contributed by atoms with Gasteiger partial charge >= 0.3 is 0 Å². The molecule has 21 heavy (non-hydrogen) atoms. The summed E-state index contributed by atoms with van der Waals surface area (Å²) in [6.45, 7) is 9.68. The van der Waals surface area contributed by atoms with E-state index in [1.165, 1.54) is 5.56 Å². The Bertz CT molecular complexity index is 394. The third-order valence-corrected chi connectivity index (χ3v) is 3.08. The molecule has 0 saturated carbocycles. The largest absolute Gasteiger partial charge is 0.491 e. The highest BCUT2D eigenvalue weighted by Crippen LogP contribution is 2.22. The van der Waals surface area contributed by atoms with Crippen LogP contribution in [-0.4, -0.2) is 32.4 Å². The number of nitrogen functional groups attached to an aromatic ring is 1. The maximum Gasteiger partial charge on any atom is 0.142 e. The van der Waals surface area contributed by atoms with E-state index >= 15 is 0 Å². The van der Waals surface area contributed by atoms with Crippen LogP contribution in [0.4, 0.5) is 5.69 Å². The summed E-state index contributed by atoms with van der Waals surface area (Å²) in [7, 11) is 0. The van der Waals surface area contributed by atoms with E-state index in [9.17, 15) is 0 Å². The minimum Gasteiger partial charge on any atom is -0.491 e. The van der Waals surface area contributed by atoms with Crippen molar-refractivity contribution in [2.45, 2.75) is 46.1 Å². The first-order valence-corrected chi connectivity index (χ1v) is 7.97. The van der Waals surface area contributed by atoms with Crippen molar-refractivity contribution in [3.8, 4) is 5.75 Å². The highest BCUT2D eigenvalue weighted by molar-refractivity contribution is 5.54. The van der Waals surface area contributed by atoms with Crippen molar-refractivity contribution in [3.63, 3.8) is 0 Å². The van der Waals surface area contributed by atoms with E-state index in [0.717, 1.165) is 50.4 Å². The van der Waals surface area contributed by atoms with Crippen molar-refractivity contribution in [1.82, 2.24) is 5.32 Å². The minimum atomic E-state index is 0.321. The van der Waals surface area contributed by atoms with E-state index in [1.807, 2.05) is 12.1 Å². The number of anilines is 1. The number of hydrogen-bond donors (Lipinski definition) is 2. The van der Waals surface area contributed by atoms with Crippen molar-refractivity contribution in [2.75, 3.05) is 32.0 Å². The van der Waals surface area contributed by atoms with Gasteiger partial charge in [-0.25, -0.2) is 0 Å². The fraction of sp³-hybridized carbons (Fsp3) is 0.647. The summed E-state index contributed by atoms with van der Waals surface area (Å²) in [4.78, 5) is 0. The normalized spacial score (nSPS) is 11.0. The lowest BCUT2D eigenvalue weighted by Gasteiger charge is -2.10. The molecule has 0 spiro atoms. The summed E-state index contributed by atoms with van der Waals surface area (Å²) in [5.41, 5.74) is 7.96. The van der Waals surface area contributed by atoms with Gasteiger partial charge in [0.15, 0.2) is 0 Å². The summed E-state index contributed by atoms with van der Waals surface area (Å²) in [6.07, 6.45) is 3.33. The van der Waals surface area contributed by atoms with Gasteiger partial charge in [-0.15, -0.1) is 0 Å². The molecule has 0 aromatic heterocycles. The average Bonchev–Trinajstić information content (AvgIpc) is 2.45. The van der Waals surface area contributed by atoms with Crippen LogP contribution in [-0.2, 0) is 11.2 Å². The Balaban J connectivity index is 2.19. The van der Waals surface area contributed by atoms with E-state index in [1.54, 1.807) is 0 Å². The molecule has 0 saturated heterocycles. The average molecular weight is 294 g/mol. The van der Waals surface area contributed by atoms with Gasteiger partial charge in [0.1, 0.15) is 5.75 Å². The first-order chi connectivity index (χ1) is 10.1. The van der Waals surface area contributed by atoms with Gasteiger partial charge in [-0.2, -0.15) is 0 Å². The van der Waals surface area contributed by atoms with Crippen LogP contribution < -0.4 is 15.8 Å². The van der Waals surface area contributed by atoms with Gasteiger partial charge in [0.2, 0.25) is 0 Å². The Kier molecular flexibility index (Phi) is 8.87. The Morgan fingerprint density at radius 3 is 2.67 bits per heavy atom. The molecule has 0 unspecified atom stereocenters. The zero-order chi connectivity index (χ0) is 15.5. The van der Waals surface area contributed by atoms with Crippen LogP contribution in [0.3, 0.4) is 0 Å². The molecule has 0 fully saturated rings. The Morgan fingerprint density at radius 2 is 2.00 bits per heavy atom. The van der Waals surface area contributed by atoms with Crippen molar-refractivity contribution < 1.29 is 9.47 Å². The van der Waals surface area contributed by atoms with Gasteiger partial charge in [-0.3, -0.25) is 0 Å². The van der Waals surface area contributed by atoms with Gasteiger partial charge in [0.05, 0.1) is 18.4 Å². The summed E-state index contributed by atoms with van der Waals surface area (Å²) in [5.74, 6) is 0.791. The number of benzene rings is 1. The topological polar surface area (TPSA) is 56.5 Å². The van der Waals surface area contributed by atoms with E-state index < -0.39 is 0 Å². The second-order valence-corrected chi connectivity index (χ2v) is 5.49. The lowest BCUT2D eigenvalue weighted by atomic mass is 10.1. The van der Waals surface area contributed by atoms with Crippen LogP contribution in [0.5, 0.6) is 5.75 Å². The standard InChI is InChI=1S/C17H30N2O2/c1-4-11-21-17-7-6-15(13-16(17)18)8-10-19-9-5-12-20-14(2)3/h6-7,13-14,19H,4-5,8-12,18H2,1-3H3. The zero-order valence-electron chi connectivity index (χ0n) is 13.7. The van der Waals surface area contributed by atoms with Crippen molar-refractivity contribution >= 4 is 5.69 Å². The van der Waals surface area contributed by atoms with E-state index in [2.05, 4.69) is 32.2 Å². The first kappa shape index (κ1) is 17.8. The van der Waals surface area contributed by atoms with Crippen LogP contribution in [0.25, 0.3) is 0 Å². The number of nitrogens with two attached hydrogens (primary N) is 1. The molecule has 0 aliphatic heterocycles. The van der Waals surface area contributed by atoms with Gasteiger partial charge < -0.3 is 20.5 Å². The van der Waals surface area contributed by atoms with Crippen LogP contribution in [0.15, 0.2) is 18.2 Å². The van der Waals surface area contributed by atoms with E-state index in [0.29, 0.717) is 12.7 Å². The molecular weight excluding hydrogens is 264 g/mol. The predicted molar refractivity (Wildman–Crippen MR) is 88.9 cm³/mol. The van der Waals surface area contributed by atoms with Gasteiger partial charge in [0.25, 0.3) is 0 Å². The van der Waals surface area contributed by atoms with Crippen LogP contribution in [0, 0.1) is 0 Å². The third kappa shape index (κ3) is 7.93. The Hall–Kier alpha value is -1.26. The molecule has 0 amide bonds. The summed E-state index contributed by atoms with van der Waals surface area (Å²) < 4.78 is 11.1. The number of rotatable bonds is 11.